The monoisotopic (exact) mass is 377 g/mol. The molecule has 0 saturated carbocycles. The predicted molar refractivity (Wildman–Crippen MR) is 93.2 cm³/mol. The second-order valence-electron chi connectivity index (χ2n) is 5.90. The maximum absolute atomic E-state index is 12.0. The highest BCUT2D eigenvalue weighted by atomic mass is 32.2. The highest BCUT2D eigenvalue weighted by molar-refractivity contribution is 7.90. The number of carbonyl (C=O) groups excluding carboxylic acids is 1. The molecule has 1 aromatic carbocycles. The minimum Gasteiger partial charge on any atom is -0.461 e. The van der Waals surface area contributed by atoms with Crippen molar-refractivity contribution in [2.75, 3.05) is 6.54 Å². The molecule has 1 N–H and O–H groups in total. The summed E-state index contributed by atoms with van der Waals surface area (Å²) >= 11 is 0. The fourth-order valence-corrected chi connectivity index (χ4v) is 3.85. The molecule has 0 unspecified atom stereocenters. The molecule has 2 heterocycles. The first-order chi connectivity index (χ1) is 12.4. The number of benzene rings is 1. The minimum absolute atomic E-state index is 0.127. The SMILES string of the molecule is Cc1noc(C)c1COC(=O)CCCN=C1NS(=O)(=O)c2ccccc21. The van der Waals surface area contributed by atoms with Gasteiger partial charge in [0.2, 0.25) is 0 Å². The third-order valence-electron chi connectivity index (χ3n) is 4.03. The summed E-state index contributed by atoms with van der Waals surface area (Å²) < 4.78 is 36.6. The van der Waals surface area contributed by atoms with E-state index in [2.05, 4.69) is 14.9 Å². The number of hydrogen-bond acceptors (Lipinski definition) is 7. The molecule has 26 heavy (non-hydrogen) atoms. The number of sulfonamides is 1. The number of hydrogen-bond donors (Lipinski definition) is 1. The molecular weight excluding hydrogens is 358 g/mol. The van der Waals surface area contributed by atoms with E-state index in [4.69, 9.17) is 9.26 Å². The second-order valence-corrected chi connectivity index (χ2v) is 7.55. The Bertz CT molecular complexity index is 943. The Morgan fingerprint density at radius 3 is 2.81 bits per heavy atom. The van der Waals surface area contributed by atoms with Crippen molar-refractivity contribution in [1.82, 2.24) is 9.88 Å². The summed E-state index contributed by atoms with van der Waals surface area (Å²) in [6.07, 6.45) is 0.641. The minimum atomic E-state index is -3.54. The molecule has 3 rings (SSSR count). The Kier molecular flexibility index (Phi) is 5.08. The Morgan fingerprint density at radius 2 is 2.08 bits per heavy atom. The average molecular weight is 377 g/mol. The maximum Gasteiger partial charge on any atom is 0.306 e. The highest BCUT2D eigenvalue weighted by Gasteiger charge is 2.29. The number of nitrogens with zero attached hydrogens (tertiary/aromatic N) is 2. The lowest BCUT2D eigenvalue weighted by Crippen LogP contribution is -2.22. The topological polar surface area (TPSA) is 111 Å². The quantitative estimate of drug-likeness (QED) is 0.607. The summed E-state index contributed by atoms with van der Waals surface area (Å²) in [7, 11) is -3.54. The zero-order valence-corrected chi connectivity index (χ0v) is 15.3. The molecule has 1 aliphatic heterocycles. The molecule has 0 saturated heterocycles. The van der Waals surface area contributed by atoms with Gasteiger partial charge in [-0.05, 0) is 32.4 Å². The van der Waals surface area contributed by atoms with Gasteiger partial charge in [-0.1, -0.05) is 17.3 Å². The molecule has 1 aliphatic rings. The van der Waals surface area contributed by atoms with Crippen LogP contribution in [0.25, 0.3) is 0 Å². The maximum atomic E-state index is 12.0. The van der Waals surface area contributed by atoms with Gasteiger partial charge in [0.15, 0.2) is 0 Å². The van der Waals surface area contributed by atoms with Crippen LogP contribution in [0.2, 0.25) is 0 Å². The van der Waals surface area contributed by atoms with E-state index in [1.54, 1.807) is 32.0 Å². The van der Waals surface area contributed by atoms with Crippen LogP contribution in [0, 0.1) is 13.8 Å². The molecule has 138 valence electrons. The van der Waals surface area contributed by atoms with Crippen LogP contribution in [-0.4, -0.2) is 31.9 Å². The van der Waals surface area contributed by atoms with Crippen LogP contribution < -0.4 is 4.72 Å². The number of ether oxygens (including phenoxy) is 1. The lowest BCUT2D eigenvalue weighted by atomic mass is 10.2. The zero-order valence-electron chi connectivity index (χ0n) is 14.5. The predicted octanol–water partition coefficient (Wildman–Crippen LogP) is 1.85. The van der Waals surface area contributed by atoms with Gasteiger partial charge >= 0.3 is 5.97 Å². The standard InChI is InChI=1S/C17H19N3O5S/c1-11-14(12(2)25-19-11)10-24-16(21)8-5-9-18-17-13-6-3-4-7-15(13)26(22,23)20-17/h3-4,6-7H,5,8-10H2,1-2H3,(H,18,20). The van der Waals surface area contributed by atoms with Gasteiger partial charge in [-0.2, -0.15) is 0 Å². The van der Waals surface area contributed by atoms with Crippen molar-refractivity contribution in [2.24, 2.45) is 4.99 Å². The van der Waals surface area contributed by atoms with Gasteiger partial charge in [-0.15, -0.1) is 0 Å². The number of aliphatic imine (C=N–C) groups is 1. The van der Waals surface area contributed by atoms with Crippen molar-refractivity contribution < 1.29 is 22.5 Å². The summed E-state index contributed by atoms with van der Waals surface area (Å²) in [6, 6.07) is 6.65. The summed E-state index contributed by atoms with van der Waals surface area (Å²) in [6.45, 7) is 3.99. The Hall–Kier alpha value is -2.68. The first-order valence-electron chi connectivity index (χ1n) is 8.12. The van der Waals surface area contributed by atoms with Crippen LogP contribution in [0.1, 0.15) is 35.4 Å². The number of rotatable bonds is 6. The van der Waals surface area contributed by atoms with Gasteiger partial charge in [-0.25, -0.2) is 8.42 Å². The van der Waals surface area contributed by atoms with Crippen LogP contribution in [0.15, 0.2) is 38.7 Å². The Labute approximate surface area is 151 Å². The smallest absolute Gasteiger partial charge is 0.306 e. The fraction of sp³-hybridized carbons (Fsp3) is 0.353. The largest absolute Gasteiger partial charge is 0.461 e. The molecule has 1 aromatic heterocycles. The fourth-order valence-electron chi connectivity index (χ4n) is 2.60. The third-order valence-corrected chi connectivity index (χ3v) is 5.43. The average Bonchev–Trinajstić information content (AvgIpc) is 3.07. The van der Waals surface area contributed by atoms with Crippen LogP contribution in [-0.2, 0) is 26.2 Å². The zero-order chi connectivity index (χ0) is 18.7. The van der Waals surface area contributed by atoms with Crippen LogP contribution in [0.5, 0.6) is 0 Å². The van der Waals surface area contributed by atoms with E-state index in [9.17, 15) is 13.2 Å². The molecule has 0 aliphatic carbocycles. The number of esters is 1. The molecule has 0 radical (unpaired) electrons. The second kappa shape index (κ2) is 7.28. The number of fused-ring (bicyclic) bond motifs is 1. The number of nitrogens with one attached hydrogen (secondary N) is 1. The molecule has 0 spiro atoms. The van der Waals surface area contributed by atoms with Crippen molar-refractivity contribution in [1.29, 1.82) is 0 Å². The first-order valence-corrected chi connectivity index (χ1v) is 9.61. The summed E-state index contributed by atoms with van der Waals surface area (Å²) in [5.41, 5.74) is 2.03. The van der Waals surface area contributed by atoms with E-state index in [1.165, 1.54) is 6.07 Å². The van der Waals surface area contributed by atoms with Crippen molar-refractivity contribution >= 4 is 21.8 Å². The summed E-state index contributed by atoms with van der Waals surface area (Å²) in [4.78, 5) is 16.3. The van der Waals surface area contributed by atoms with Crippen LogP contribution in [0.3, 0.4) is 0 Å². The van der Waals surface area contributed by atoms with Crippen LogP contribution in [0.4, 0.5) is 0 Å². The van der Waals surface area contributed by atoms with E-state index in [0.29, 0.717) is 35.8 Å². The van der Waals surface area contributed by atoms with E-state index in [1.807, 2.05) is 0 Å². The highest BCUT2D eigenvalue weighted by Crippen LogP contribution is 2.22. The molecule has 0 amide bonds. The molecule has 0 fully saturated rings. The van der Waals surface area contributed by atoms with Gasteiger partial charge in [0.1, 0.15) is 18.2 Å². The first kappa shape index (κ1) is 18.1. The third kappa shape index (κ3) is 3.77. The normalized spacial score (nSPS) is 16.3. The number of carbonyl (C=O) groups is 1. The summed E-state index contributed by atoms with van der Waals surface area (Å²) in [5, 5.41) is 3.80. The van der Waals surface area contributed by atoms with Crippen molar-refractivity contribution in [2.45, 2.75) is 38.2 Å². The Morgan fingerprint density at radius 1 is 1.31 bits per heavy atom. The molecule has 0 atom stereocenters. The van der Waals surface area contributed by atoms with Gasteiger partial charge in [0.25, 0.3) is 10.0 Å². The van der Waals surface area contributed by atoms with E-state index < -0.39 is 10.0 Å². The van der Waals surface area contributed by atoms with Gasteiger partial charge in [-0.3, -0.25) is 14.5 Å². The Balaban J connectivity index is 1.50. The van der Waals surface area contributed by atoms with Crippen molar-refractivity contribution in [3.05, 3.63) is 46.8 Å². The molecule has 2 aromatic rings. The van der Waals surface area contributed by atoms with Gasteiger partial charge < -0.3 is 9.26 Å². The number of amidine groups is 1. The lowest BCUT2D eigenvalue weighted by molar-refractivity contribution is -0.145. The van der Waals surface area contributed by atoms with Crippen molar-refractivity contribution in [3.8, 4) is 0 Å². The van der Waals surface area contributed by atoms with E-state index >= 15 is 0 Å². The molecule has 8 nitrogen and oxygen atoms in total. The molecular formula is C17H19N3O5S. The number of aromatic nitrogens is 1. The number of aryl methyl sites for hydroxylation is 2. The van der Waals surface area contributed by atoms with E-state index in [0.717, 1.165) is 5.56 Å². The van der Waals surface area contributed by atoms with Crippen LogP contribution >= 0.6 is 0 Å². The van der Waals surface area contributed by atoms with Crippen molar-refractivity contribution in [3.63, 3.8) is 0 Å². The summed E-state index contributed by atoms with van der Waals surface area (Å²) in [5.74, 6) is 0.594. The lowest BCUT2D eigenvalue weighted by Gasteiger charge is -2.04. The van der Waals surface area contributed by atoms with Gasteiger partial charge in [0.05, 0.1) is 16.2 Å². The molecule has 9 heteroatoms. The van der Waals surface area contributed by atoms with E-state index in [-0.39, 0.29) is 23.9 Å². The molecule has 0 bridgehead atoms. The van der Waals surface area contributed by atoms with Gasteiger partial charge in [0, 0.05) is 18.5 Å².